The summed E-state index contributed by atoms with van der Waals surface area (Å²) in [5.74, 6) is -0.301. The van der Waals surface area contributed by atoms with Gasteiger partial charge in [-0.2, -0.15) is 0 Å². The van der Waals surface area contributed by atoms with Crippen molar-refractivity contribution >= 4 is 27.5 Å². The molecule has 0 atom stereocenters. The normalized spacial score (nSPS) is 10.3. The van der Waals surface area contributed by atoms with Gasteiger partial charge in [0.1, 0.15) is 0 Å². The molecule has 0 spiro atoms. The highest BCUT2D eigenvalue weighted by Crippen LogP contribution is 2.21. The van der Waals surface area contributed by atoms with Gasteiger partial charge in [0, 0.05) is 11.0 Å². The Balaban J connectivity index is 2.10. The van der Waals surface area contributed by atoms with Crippen LogP contribution in [0.15, 0.2) is 34.9 Å². The third-order valence-electron chi connectivity index (χ3n) is 2.25. The van der Waals surface area contributed by atoms with Crippen molar-refractivity contribution in [3.05, 3.63) is 40.6 Å². The number of anilines is 1. The Labute approximate surface area is 112 Å². The van der Waals surface area contributed by atoms with Crippen LogP contribution in [-0.4, -0.2) is 27.4 Å². The van der Waals surface area contributed by atoms with Crippen LogP contribution < -0.4 is 11.1 Å². The van der Waals surface area contributed by atoms with Crippen LogP contribution >= 0.6 is 15.9 Å². The number of nitrogens with two attached hydrogens (primary N) is 1. The first kappa shape index (κ1) is 12.7. The van der Waals surface area contributed by atoms with Crippen LogP contribution in [0.4, 0.5) is 5.69 Å². The van der Waals surface area contributed by atoms with Gasteiger partial charge in [0.15, 0.2) is 5.69 Å². The Morgan fingerprint density at radius 2 is 2.22 bits per heavy atom. The minimum atomic E-state index is -0.301. The summed E-state index contributed by atoms with van der Waals surface area (Å²) >= 11 is 3.35. The van der Waals surface area contributed by atoms with Crippen LogP contribution in [0.25, 0.3) is 0 Å². The molecule has 2 rings (SSSR count). The number of hydrogen-bond acceptors (Lipinski definition) is 4. The average Bonchev–Trinajstić information content (AvgIpc) is 2.81. The summed E-state index contributed by atoms with van der Waals surface area (Å²) in [7, 11) is 0. The van der Waals surface area contributed by atoms with E-state index in [4.69, 9.17) is 5.73 Å². The quantitative estimate of drug-likeness (QED) is 0.890. The number of nitrogens with zero attached hydrogens (tertiary/aromatic N) is 3. The Morgan fingerprint density at radius 3 is 2.94 bits per heavy atom. The van der Waals surface area contributed by atoms with Gasteiger partial charge >= 0.3 is 0 Å². The zero-order valence-electron chi connectivity index (χ0n) is 9.51. The van der Waals surface area contributed by atoms with E-state index in [-0.39, 0.29) is 11.6 Å². The second-order valence-corrected chi connectivity index (χ2v) is 4.44. The lowest BCUT2D eigenvalue weighted by molar-refractivity contribution is 0.102. The molecule has 1 aromatic carbocycles. The van der Waals surface area contributed by atoms with E-state index in [9.17, 15) is 4.79 Å². The number of rotatable bonds is 4. The molecule has 1 heterocycles. The number of halogens is 1. The van der Waals surface area contributed by atoms with Gasteiger partial charge in [-0.25, -0.2) is 0 Å². The molecule has 1 aromatic heterocycles. The molecule has 18 heavy (non-hydrogen) atoms. The maximum Gasteiger partial charge on any atom is 0.277 e. The topological polar surface area (TPSA) is 85.8 Å². The van der Waals surface area contributed by atoms with Gasteiger partial charge in [-0.15, -0.1) is 5.10 Å². The van der Waals surface area contributed by atoms with E-state index < -0.39 is 0 Å². The van der Waals surface area contributed by atoms with Crippen molar-refractivity contribution < 1.29 is 4.79 Å². The molecule has 0 fully saturated rings. The predicted octanol–water partition coefficient (Wildman–Crippen LogP) is 1.25. The second kappa shape index (κ2) is 5.74. The van der Waals surface area contributed by atoms with Crippen molar-refractivity contribution in [2.75, 3.05) is 11.9 Å². The molecule has 2 aromatic rings. The van der Waals surface area contributed by atoms with Crippen molar-refractivity contribution in [2.45, 2.75) is 6.54 Å². The minimum Gasteiger partial charge on any atom is -0.329 e. The zero-order valence-corrected chi connectivity index (χ0v) is 11.1. The third-order valence-corrected chi connectivity index (χ3v) is 2.94. The largest absolute Gasteiger partial charge is 0.329 e. The first-order chi connectivity index (χ1) is 8.70. The van der Waals surface area contributed by atoms with E-state index in [1.807, 2.05) is 18.2 Å². The molecule has 0 saturated carbocycles. The van der Waals surface area contributed by atoms with E-state index >= 15 is 0 Å². The third kappa shape index (κ3) is 2.93. The van der Waals surface area contributed by atoms with E-state index in [2.05, 4.69) is 31.6 Å². The Bertz CT molecular complexity index is 554. The summed E-state index contributed by atoms with van der Waals surface area (Å²) in [6.45, 7) is 0.990. The first-order valence-corrected chi connectivity index (χ1v) is 6.16. The van der Waals surface area contributed by atoms with Gasteiger partial charge < -0.3 is 11.1 Å². The second-order valence-electron chi connectivity index (χ2n) is 3.59. The van der Waals surface area contributed by atoms with Gasteiger partial charge in [0.05, 0.1) is 18.4 Å². The summed E-state index contributed by atoms with van der Waals surface area (Å²) < 4.78 is 2.35. The zero-order chi connectivity index (χ0) is 13.0. The lowest BCUT2D eigenvalue weighted by Crippen LogP contribution is -2.13. The number of carbonyl (C=O) groups excluding carboxylic acids is 1. The Hall–Kier alpha value is -1.73. The van der Waals surface area contributed by atoms with E-state index in [0.29, 0.717) is 18.8 Å². The van der Waals surface area contributed by atoms with Crippen molar-refractivity contribution in [1.29, 1.82) is 0 Å². The highest BCUT2D eigenvalue weighted by Gasteiger charge is 2.11. The summed E-state index contributed by atoms with van der Waals surface area (Å²) in [4.78, 5) is 11.9. The molecule has 6 nitrogen and oxygen atoms in total. The molecule has 1 amide bonds. The average molecular weight is 310 g/mol. The van der Waals surface area contributed by atoms with E-state index in [0.717, 1.165) is 4.47 Å². The lowest BCUT2D eigenvalue weighted by atomic mass is 10.3. The van der Waals surface area contributed by atoms with Crippen LogP contribution in [0.1, 0.15) is 10.5 Å². The molecule has 0 radical (unpaired) electrons. The van der Waals surface area contributed by atoms with Crippen molar-refractivity contribution in [3.8, 4) is 0 Å². The summed E-state index contributed by atoms with van der Waals surface area (Å²) in [6, 6.07) is 7.36. The summed E-state index contributed by atoms with van der Waals surface area (Å²) in [6.07, 6.45) is 1.57. The molecular formula is C11H12BrN5O. The van der Waals surface area contributed by atoms with Gasteiger partial charge in [-0.1, -0.05) is 17.3 Å². The van der Waals surface area contributed by atoms with Crippen LogP contribution in [-0.2, 0) is 6.54 Å². The number of carbonyl (C=O) groups is 1. The predicted molar refractivity (Wildman–Crippen MR) is 71.2 cm³/mol. The monoisotopic (exact) mass is 309 g/mol. The molecule has 0 bridgehead atoms. The van der Waals surface area contributed by atoms with Crippen molar-refractivity contribution in [1.82, 2.24) is 15.0 Å². The van der Waals surface area contributed by atoms with Crippen molar-refractivity contribution in [2.24, 2.45) is 5.73 Å². The maximum atomic E-state index is 11.9. The standard InChI is InChI=1S/C11H12BrN5O/c12-8-3-1-2-4-9(8)14-11(18)10-7-17(6-5-13)16-15-10/h1-4,7H,5-6,13H2,(H,14,18). The molecular weight excluding hydrogens is 298 g/mol. The molecule has 3 N–H and O–H groups in total. The van der Waals surface area contributed by atoms with Gasteiger partial charge in [0.25, 0.3) is 5.91 Å². The Kier molecular flexibility index (Phi) is 4.06. The fourth-order valence-electron chi connectivity index (χ4n) is 1.39. The summed E-state index contributed by atoms with van der Waals surface area (Å²) in [5, 5.41) is 10.3. The van der Waals surface area contributed by atoms with Gasteiger partial charge in [0.2, 0.25) is 0 Å². The van der Waals surface area contributed by atoms with E-state index in [1.165, 1.54) is 4.68 Å². The molecule has 0 aliphatic carbocycles. The van der Waals surface area contributed by atoms with E-state index in [1.54, 1.807) is 12.3 Å². The number of nitrogens with one attached hydrogen (secondary N) is 1. The molecule has 0 aliphatic heterocycles. The SMILES string of the molecule is NCCn1cc(C(=O)Nc2ccccc2Br)nn1. The first-order valence-electron chi connectivity index (χ1n) is 5.37. The maximum absolute atomic E-state index is 11.9. The molecule has 0 unspecified atom stereocenters. The lowest BCUT2D eigenvalue weighted by Gasteiger charge is -2.04. The number of para-hydroxylation sites is 1. The van der Waals surface area contributed by atoms with Crippen LogP contribution in [0.2, 0.25) is 0 Å². The summed E-state index contributed by atoms with van der Waals surface area (Å²) in [5.41, 5.74) is 6.35. The molecule has 94 valence electrons. The van der Waals surface area contributed by atoms with Crippen LogP contribution in [0, 0.1) is 0 Å². The molecule has 0 saturated heterocycles. The van der Waals surface area contributed by atoms with Gasteiger partial charge in [-0.3, -0.25) is 9.48 Å². The smallest absolute Gasteiger partial charge is 0.277 e. The molecule has 7 heteroatoms. The number of benzene rings is 1. The number of aromatic nitrogens is 3. The fraction of sp³-hybridized carbons (Fsp3) is 0.182. The Morgan fingerprint density at radius 1 is 1.44 bits per heavy atom. The minimum absolute atomic E-state index is 0.263. The van der Waals surface area contributed by atoms with Crippen LogP contribution in [0.5, 0.6) is 0 Å². The highest BCUT2D eigenvalue weighted by molar-refractivity contribution is 9.10. The van der Waals surface area contributed by atoms with Crippen LogP contribution in [0.3, 0.4) is 0 Å². The van der Waals surface area contributed by atoms with Gasteiger partial charge in [-0.05, 0) is 28.1 Å². The molecule has 0 aliphatic rings. The fourth-order valence-corrected chi connectivity index (χ4v) is 1.78. The number of amides is 1. The number of hydrogen-bond donors (Lipinski definition) is 2. The highest BCUT2D eigenvalue weighted by atomic mass is 79.9. The van der Waals surface area contributed by atoms with Crippen molar-refractivity contribution in [3.63, 3.8) is 0 Å².